The quantitative estimate of drug-likeness (QED) is 0.866. The Morgan fingerprint density at radius 2 is 2.15 bits per heavy atom. The molecular weight excluding hydrogens is 254 g/mol. The number of benzene rings is 1. The van der Waals surface area contributed by atoms with Crippen molar-refractivity contribution in [2.24, 2.45) is 0 Å². The standard InChI is InChI=1S/C15H15N3O2/c1-3-20-17-15(19)14-12(10-16)8-9-18(14)13-7-5-4-6-11(13)2/h4-9H,3H2,1-2H3,(H,17,19). The minimum absolute atomic E-state index is 0.273. The van der Waals surface area contributed by atoms with Crippen LogP contribution in [0.15, 0.2) is 36.5 Å². The Hall–Kier alpha value is -2.58. The molecule has 0 fully saturated rings. The number of nitrogens with zero attached hydrogens (tertiary/aromatic N) is 2. The zero-order valence-corrected chi connectivity index (χ0v) is 11.4. The molecular formula is C15H15N3O2. The monoisotopic (exact) mass is 269 g/mol. The van der Waals surface area contributed by atoms with Gasteiger partial charge in [0.25, 0.3) is 5.91 Å². The van der Waals surface area contributed by atoms with Crippen LogP contribution in [0.3, 0.4) is 0 Å². The van der Waals surface area contributed by atoms with Gasteiger partial charge in [0, 0.05) is 11.9 Å². The molecule has 0 atom stereocenters. The van der Waals surface area contributed by atoms with Crippen LogP contribution in [0.1, 0.15) is 28.5 Å². The lowest BCUT2D eigenvalue weighted by Crippen LogP contribution is -2.26. The van der Waals surface area contributed by atoms with Gasteiger partial charge in [0.15, 0.2) is 0 Å². The van der Waals surface area contributed by atoms with E-state index in [-0.39, 0.29) is 5.69 Å². The largest absolute Gasteiger partial charge is 0.311 e. The Labute approximate surface area is 117 Å². The van der Waals surface area contributed by atoms with Gasteiger partial charge in [-0.15, -0.1) is 0 Å². The first-order chi connectivity index (χ1) is 9.69. The number of nitrogens with one attached hydrogen (secondary N) is 1. The summed E-state index contributed by atoms with van der Waals surface area (Å²) in [6.07, 6.45) is 1.71. The van der Waals surface area contributed by atoms with Crippen molar-refractivity contribution in [3.05, 3.63) is 53.3 Å². The Bertz CT molecular complexity index is 668. The van der Waals surface area contributed by atoms with Crippen molar-refractivity contribution in [3.8, 4) is 11.8 Å². The predicted molar refractivity (Wildman–Crippen MR) is 74.3 cm³/mol. The maximum atomic E-state index is 12.1. The van der Waals surface area contributed by atoms with Gasteiger partial charge in [-0.3, -0.25) is 9.63 Å². The van der Waals surface area contributed by atoms with Gasteiger partial charge in [0.1, 0.15) is 11.8 Å². The number of carbonyl (C=O) groups is 1. The molecule has 1 N–H and O–H groups in total. The molecule has 2 aromatic rings. The van der Waals surface area contributed by atoms with Gasteiger partial charge < -0.3 is 4.57 Å². The summed E-state index contributed by atoms with van der Waals surface area (Å²) in [4.78, 5) is 17.1. The molecule has 2 rings (SSSR count). The molecule has 0 bridgehead atoms. The van der Waals surface area contributed by atoms with Gasteiger partial charge in [-0.1, -0.05) is 18.2 Å². The van der Waals surface area contributed by atoms with Gasteiger partial charge in [-0.05, 0) is 31.5 Å². The highest BCUT2D eigenvalue weighted by Crippen LogP contribution is 2.19. The second kappa shape index (κ2) is 6.04. The highest BCUT2D eigenvalue weighted by Gasteiger charge is 2.18. The van der Waals surface area contributed by atoms with Crippen molar-refractivity contribution in [3.63, 3.8) is 0 Å². The number of aryl methyl sites for hydroxylation is 1. The highest BCUT2D eigenvalue weighted by molar-refractivity contribution is 5.95. The zero-order valence-electron chi connectivity index (χ0n) is 11.4. The highest BCUT2D eigenvalue weighted by atomic mass is 16.6. The van der Waals surface area contributed by atoms with Crippen LogP contribution >= 0.6 is 0 Å². The van der Waals surface area contributed by atoms with E-state index in [0.717, 1.165) is 11.3 Å². The van der Waals surface area contributed by atoms with Crippen molar-refractivity contribution >= 4 is 5.91 Å². The number of carbonyl (C=O) groups excluding carboxylic acids is 1. The number of amides is 1. The summed E-state index contributed by atoms with van der Waals surface area (Å²) in [7, 11) is 0. The number of aromatic nitrogens is 1. The Kier molecular flexibility index (Phi) is 4.18. The fraction of sp³-hybridized carbons (Fsp3) is 0.200. The van der Waals surface area contributed by atoms with Crippen LogP contribution in [-0.2, 0) is 4.84 Å². The van der Waals surface area contributed by atoms with E-state index < -0.39 is 5.91 Å². The van der Waals surface area contributed by atoms with Gasteiger partial charge >= 0.3 is 0 Å². The van der Waals surface area contributed by atoms with E-state index in [1.165, 1.54) is 0 Å². The number of rotatable bonds is 4. The first kappa shape index (κ1) is 13.8. The molecule has 102 valence electrons. The summed E-state index contributed by atoms with van der Waals surface area (Å²) < 4.78 is 1.70. The molecule has 0 radical (unpaired) electrons. The molecule has 20 heavy (non-hydrogen) atoms. The third-order valence-electron chi connectivity index (χ3n) is 2.91. The van der Waals surface area contributed by atoms with E-state index in [2.05, 4.69) is 5.48 Å². The Morgan fingerprint density at radius 1 is 1.40 bits per heavy atom. The summed E-state index contributed by atoms with van der Waals surface area (Å²) in [5.41, 5.74) is 4.78. The number of hydrogen-bond donors (Lipinski definition) is 1. The van der Waals surface area contributed by atoms with Crippen molar-refractivity contribution in [1.82, 2.24) is 10.0 Å². The van der Waals surface area contributed by atoms with Crippen LogP contribution in [0.4, 0.5) is 0 Å². The topological polar surface area (TPSA) is 67.0 Å². The number of hydroxylamine groups is 1. The first-order valence-corrected chi connectivity index (χ1v) is 6.28. The van der Waals surface area contributed by atoms with Crippen molar-refractivity contribution < 1.29 is 9.63 Å². The maximum Gasteiger partial charge on any atom is 0.293 e. The van der Waals surface area contributed by atoms with Crippen LogP contribution in [-0.4, -0.2) is 17.1 Å². The molecule has 5 nitrogen and oxygen atoms in total. The lowest BCUT2D eigenvalue weighted by Gasteiger charge is -2.12. The van der Waals surface area contributed by atoms with Crippen LogP contribution in [0.5, 0.6) is 0 Å². The van der Waals surface area contributed by atoms with Crippen molar-refractivity contribution in [2.75, 3.05) is 6.61 Å². The van der Waals surface area contributed by atoms with Crippen molar-refractivity contribution in [2.45, 2.75) is 13.8 Å². The average Bonchev–Trinajstić information content (AvgIpc) is 2.89. The van der Waals surface area contributed by atoms with Crippen molar-refractivity contribution in [1.29, 1.82) is 5.26 Å². The van der Waals surface area contributed by atoms with Gasteiger partial charge in [-0.25, -0.2) is 5.48 Å². The second-order valence-corrected chi connectivity index (χ2v) is 4.21. The van der Waals surface area contributed by atoms with Gasteiger partial charge in [-0.2, -0.15) is 5.26 Å². The van der Waals surface area contributed by atoms with E-state index in [1.807, 2.05) is 37.3 Å². The normalized spacial score (nSPS) is 10.1. The fourth-order valence-electron chi connectivity index (χ4n) is 1.97. The molecule has 0 aliphatic carbocycles. The number of nitriles is 1. The minimum Gasteiger partial charge on any atom is -0.311 e. The molecule has 0 saturated heterocycles. The van der Waals surface area contributed by atoms with E-state index in [4.69, 9.17) is 10.1 Å². The van der Waals surface area contributed by atoms with E-state index in [0.29, 0.717) is 12.2 Å². The molecule has 1 aromatic carbocycles. The molecule has 0 saturated carbocycles. The molecule has 0 spiro atoms. The Balaban J connectivity index is 2.51. The first-order valence-electron chi connectivity index (χ1n) is 6.28. The smallest absolute Gasteiger partial charge is 0.293 e. The summed E-state index contributed by atoms with van der Waals surface area (Å²) in [6, 6.07) is 11.3. The summed E-state index contributed by atoms with van der Waals surface area (Å²) in [5.74, 6) is -0.434. The summed E-state index contributed by atoms with van der Waals surface area (Å²) >= 11 is 0. The number of para-hydroxylation sites is 1. The molecule has 0 aliphatic heterocycles. The van der Waals surface area contributed by atoms with E-state index in [9.17, 15) is 4.79 Å². The molecule has 0 aliphatic rings. The predicted octanol–water partition coefficient (Wildman–Crippen LogP) is 2.34. The lowest BCUT2D eigenvalue weighted by molar-refractivity contribution is 0.0358. The Morgan fingerprint density at radius 3 is 2.80 bits per heavy atom. The SMILES string of the molecule is CCONC(=O)c1c(C#N)ccn1-c1ccccc1C. The number of hydrogen-bond acceptors (Lipinski definition) is 3. The van der Waals surface area contributed by atoms with Gasteiger partial charge in [0.05, 0.1) is 12.2 Å². The fourth-order valence-corrected chi connectivity index (χ4v) is 1.97. The van der Waals surface area contributed by atoms with Crippen LogP contribution < -0.4 is 5.48 Å². The lowest BCUT2D eigenvalue weighted by atomic mass is 10.2. The molecule has 1 amide bonds. The summed E-state index contributed by atoms with van der Waals surface area (Å²) in [5, 5.41) is 9.14. The van der Waals surface area contributed by atoms with Crippen LogP contribution in [0, 0.1) is 18.3 Å². The van der Waals surface area contributed by atoms with Crippen LogP contribution in [0.25, 0.3) is 5.69 Å². The molecule has 5 heteroatoms. The minimum atomic E-state index is -0.434. The summed E-state index contributed by atoms with van der Waals surface area (Å²) in [6.45, 7) is 4.08. The van der Waals surface area contributed by atoms with Gasteiger partial charge in [0.2, 0.25) is 0 Å². The third kappa shape index (κ3) is 2.56. The molecule has 0 unspecified atom stereocenters. The molecule has 1 aromatic heterocycles. The second-order valence-electron chi connectivity index (χ2n) is 4.21. The average molecular weight is 269 g/mol. The van der Waals surface area contributed by atoms with E-state index >= 15 is 0 Å². The third-order valence-corrected chi connectivity index (χ3v) is 2.91. The molecule has 1 heterocycles. The zero-order chi connectivity index (χ0) is 14.5. The maximum absolute atomic E-state index is 12.1. The van der Waals surface area contributed by atoms with E-state index in [1.54, 1.807) is 23.8 Å². The van der Waals surface area contributed by atoms with Crippen LogP contribution in [0.2, 0.25) is 0 Å².